The average Bonchev–Trinajstić information content (AvgIpc) is 3.15. The Hall–Kier alpha value is -3.32. The minimum absolute atomic E-state index is 0. The van der Waals surface area contributed by atoms with Gasteiger partial charge in [-0.25, -0.2) is 0 Å². The number of benzene rings is 2. The molecule has 0 aliphatic rings. The van der Waals surface area contributed by atoms with E-state index in [1.807, 2.05) is 0 Å². The van der Waals surface area contributed by atoms with Gasteiger partial charge in [-0.15, -0.1) is 0 Å². The minimum Gasteiger partial charge on any atom is -0.497 e. The molecule has 0 fully saturated rings. The second kappa shape index (κ2) is 12.8. The van der Waals surface area contributed by atoms with Crippen molar-refractivity contribution < 1.29 is 45.0 Å². The maximum atomic E-state index is 13.4. The molecule has 3 rings (SSSR count). The van der Waals surface area contributed by atoms with Gasteiger partial charge in [0.15, 0.2) is 0 Å². The van der Waals surface area contributed by atoms with Gasteiger partial charge in [0.2, 0.25) is 5.91 Å². The number of fused-ring (bicyclic) bond motifs is 1. The molecule has 2 aromatic carbocycles. The van der Waals surface area contributed by atoms with Crippen molar-refractivity contribution >= 4 is 40.6 Å². The number of rotatable bonds is 10. The maximum Gasteiger partial charge on any atom is 0.262 e. The first-order valence-corrected chi connectivity index (χ1v) is 11.4. The number of halogens is 1. The Morgan fingerprint density at radius 2 is 1.76 bits per heavy atom. The molecule has 12 heteroatoms. The number of aliphatic hydroxyl groups is 4. The van der Waals surface area contributed by atoms with Crippen LogP contribution in [0.15, 0.2) is 42.5 Å². The summed E-state index contributed by atoms with van der Waals surface area (Å²) in [6.07, 6.45) is -5.48. The molecule has 0 spiro atoms. The second-order valence-electron chi connectivity index (χ2n) is 8.23. The van der Waals surface area contributed by atoms with Gasteiger partial charge in [0.1, 0.15) is 36.4 Å². The van der Waals surface area contributed by atoms with Gasteiger partial charge in [-0.2, -0.15) is 0 Å². The number of nitrogens with one attached hydrogen (secondary N) is 1. The number of aromatic nitrogens is 1. The largest absolute Gasteiger partial charge is 0.497 e. The van der Waals surface area contributed by atoms with E-state index in [-0.39, 0.29) is 24.1 Å². The predicted molar refractivity (Wildman–Crippen MR) is 135 cm³/mol. The van der Waals surface area contributed by atoms with Gasteiger partial charge in [-0.05, 0) is 55.0 Å². The van der Waals surface area contributed by atoms with E-state index in [1.165, 1.54) is 11.7 Å². The van der Waals surface area contributed by atoms with E-state index in [9.17, 15) is 29.7 Å². The van der Waals surface area contributed by atoms with E-state index in [1.54, 1.807) is 49.4 Å². The Kier molecular flexibility index (Phi) is 10.3. The van der Waals surface area contributed by atoms with E-state index in [0.717, 1.165) is 0 Å². The topological polar surface area (TPSA) is 190 Å². The van der Waals surface area contributed by atoms with E-state index in [0.29, 0.717) is 38.5 Å². The van der Waals surface area contributed by atoms with Gasteiger partial charge in [0, 0.05) is 21.7 Å². The van der Waals surface area contributed by atoms with Crippen LogP contribution < -0.4 is 10.1 Å². The lowest BCUT2D eigenvalue weighted by atomic mass is 10.0. The molecule has 0 aliphatic carbocycles. The molecule has 0 saturated carbocycles. The first-order chi connectivity index (χ1) is 17.1. The fraction of sp³-hybridized carbons (Fsp3) is 0.320. The Balaban J connectivity index is 0.00000481. The molecule has 1 aromatic heterocycles. The van der Waals surface area contributed by atoms with Crippen LogP contribution in [0.4, 0.5) is 0 Å². The quantitative estimate of drug-likeness (QED) is 0.220. The highest BCUT2D eigenvalue weighted by Gasteiger charge is 2.32. The van der Waals surface area contributed by atoms with Gasteiger partial charge in [0.05, 0.1) is 25.7 Å². The first-order valence-electron chi connectivity index (χ1n) is 11.0. The summed E-state index contributed by atoms with van der Waals surface area (Å²) < 4.78 is 6.77. The number of ether oxygens (including phenoxy) is 1. The van der Waals surface area contributed by atoms with Gasteiger partial charge in [-0.1, -0.05) is 11.6 Å². The number of hydrogen-bond donors (Lipinski definition) is 5. The summed E-state index contributed by atoms with van der Waals surface area (Å²) in [6, 6.07) is 9.89. The van der Waals surface area contributed by atoms with Gasteiger partial charge < -0.3 is 40.8 Å². The molecule has 4 atom stereocenters. The predicted octanol–water partition coefficient (Wildman–Crippen LogP) is -0.223. The molecular formula is C25H29ClN2O9. The third kappa shape index (κ3) is 6.34. The van der Waals surface area contributed by atoms with E-state index < -0.39 is 36.9 Å². The second-order valence-corrected chi connectivity index (χ2v) is 8.67. The molecule has 0 aliphatic heterocycles. The normalized spacial score (nSPS) is 14.2. The maximum absolute atomic E-state index is 13.4. The number of amides is 1. The summed E-state index contributed by atoms with van der Waals surface area (Å²) in [5.41, 5.74) is 1.88. The number of nitrogens with zero attached hydrogens (tertiary/aromatic N) is 1. The summed E-state index contributed by atoms with van der Waals surface area (Å²) in [5, 5.41) is 41.9. The fourth-order valence-corrected chi connectivity index (χ4v) is 4.07. The Morgan fingerprint density at radius 3 is 2.32 bits per heavy atom. The fourth-order valence-electron chi connectivity index (χ4n) is 3.94. The summed E-state index contributed by atoms with van der Waals surface area (Å²) >= 11 is 5.94. The lowest BCUT2D eigenvalue weighted by Crippen LogP contribution is -2.53. The van der Waals surface area contributed by atoms with E-state index >= 15 is 0 Å². The number of methoxy groups -OCH3 is 1. The summed E-state index contributed by atoms with van der Waals surface area (Å²) in [6.45, 7) is 0.830. The van der Waals surface area contributed by atoms with Crippen molar-refractivity contribution in [3.63, 3.8) is 0 Å². The Morgan fingerprint density at radius 1 is 1.11 bits per heavy atom. The van der Waals surface area contributed by atoms with Crippen LogP contribution in [0.5, 0.6) is 5.75 Å². The highest BCUT2D eigenvalue weighted by atomic mass is 35.5. The van der Waals surface area contributed by atoms with E-state index in [2.05, 4.69) is 5.32 Å². The van der Waals surface area contributed by atoms with Crippen LogP contribution in [0.1, 0.15) is 21.6 Å². The molecule has 0 saturated heterocycles. The highest BCUT2D eigenvalue weighted by Crippen LogP contribution is 2.31. The molecule has 11 nitrogen and oxygen atoms in total. The molecule has 200 valence electrons. The van der Waals surface area contributed by atoms with Gasteiger partial charge in [0.25, 0.3) is 5.91 Å². The summed E-state index contributed by atoms with van der Waals surface area (Å²) in [5.74, 6) is -0.517. The molecule has 1 amide bonds. The lowest BCUT2D eigenvalue weighted by Gasteiger charge is -2.26. The minimum atomic E-state index is -1.87. The number of carbonyl (C=O) groups excluding carboxylic acids is 3. The van der Waals surface area contributed by atoms with Crippen molar-refractivity contribution in [2.24, 2.45) is 0 Å². The third-order valence-corrected chi connectivity index (χ3v) is 6.20. The molecular weight excluding hydrogens is 508 g/mol. The first kappa shape index (κ1) is 29.9. The molecule has 0 radical (unpaired) electrons. The highest BCUT2D eigenvalue weighted by molar-refractivity contribution is 6.30. The zero-order valence-corrected chi connectivity index (χ0v) is 20.8. The van der Waals surface area contributed by atoms with Gasteiger partial charge >= 0.3 is 0 Å². The molecule has 0 bridgehead atoms. The van der Waals surface area contributed by atoms with Gasteiger partial charge in [-0.3, -0.25) is 14.2 Å². The van der Waals surface area contributed by atoms with Crippen molar-refractivity contribution in [2.45, 2.75) is 37.7 Å². The van der Waals surface area contributed by atoms with Crippen molar-refractivity contribution in [1.29, 1.82) is 0 Å². The van der Waals surface area contributed by atoms with Crippen LogP contribution in [-0.4, -0.2) is 86.6 Å². The zero-order chi connectivity index (χ0) is 26.6. The number of hydrogen-bond acceptors (Lipinski definition) is 8. The van der Waals surface area contributed by atoms with Crippen LogP contribution in [0.25, 0.3) is 10.9 Å². The molecule has 1 heterocycles. The lowest BCUT2D eigenvalue weighted by molar-refractivity contribution is -0.130. The van der Waals surface area contributed by atoms with E-state index in [4.69, 9.17) is 21.4 Å². The zero-order valence-electron chi connectivity index (χ0n) is 20.1. The summed E-state index contributed by atoms with van der Waals surface area (Å²) in [4.78, 5) is 37.7. The Labute approximate surface area is 217 Å². The van der Waals surface area contributed by atoms with Crippen LogP contribution in [0.3, 0.4) is 0 Å². The van der Waals surface area contributed by atoms with Crippen molar-refractivity contribution in [3.05, 3.63) is 64.3 Å². The van der Waals surface area contributed by atoms with Crippen LogP contribution >= 0.6 is 11.6 Å². The molecule has 3 aromatic rings. The molecule has 7 N–H and O–H groups in total. The SMILES string of the molecule is COc1ccc2c(c1)c(CC(=O)N[C@@H](C=O)[C@@H](O)[C@H](O)[C@H](O)CO)c(C)n2C(=O)c1ccc(Cl)cc1.O. The monoisotopic (exact) mass is 536 g/mol. The smallest absolute Gasteiger partial charge is 0.262 e. The number of aldehydes is 1. The molecule has 0 unspecified atom stereocenters. The summed E-state index contributed by atoms with van der Waals surface area (Å²) in [7, 11) is 1.48. The average molecular weight is 537 g/mol. The third-order valence-electron chi connectivity index (χ3n) is 5.95. The number of carbonyl (C=O) groups is 3. The Bertz CT molecular complexity index is 1260. The van der Waals surface area contributed by atoms with Crippen molar-refractivity contribution in [2.75, 3.05) is 13.7 Å². The van der Waals surface area contributed by atoms with Crippen LogP contribution in [-0.2, 0) is 16.0 Å². The van der Waals surface area contributed by atoms with Crippen molar-refractivity contribution in [1.82, 2.24) is 9.88 Å². The van der Waals surface area contributed by atoms with Crippen molar-refractivity contribution in [3.8, 4) is 5.75 Å². The number of aliphatic hydroxyl groups excluding tert-OH is 4. The van der Waals surface area contributed by atoms with Crippen LogP contribution in [0, 0.1) is 6.92 Å². The van der Waals surface area contributed by atoms with Crippen LogP contribution in [0.2, 0.25) is 5.02 Å². The standard InChI is InChI=1S/C25H27ClN2O8.H2O/c1-13-17(10-22(32)27-19(11-29)23(33)24(34)21(31)12-30)18-9-16(36-2)7-8-20(18)28(13)25(35)14-3-5-15(26)6-4-14;/h3-9,11,19,21,23-24,30-31,33-34H,10,12H2,1-2H3,(H,27,32);1H2/t19-,21+,23+,24+;/m0./s1. The molecule has 37 heavy (non-hydrogen) atoms.